The third-order valence-electron chi connectivity index (χ3n) is 2.95. The molecule has 0 aliphatic carbocycles. The number of rotatable bonds is 0. The molecule has 112 valence electrons. The van der Waals surface area contributed by atoms with Gasteiger partial charge in [0.2, 0.25) is 0 Å². The van der Waals surface area contributed by atoms with E-state index < -0.39 is 23.8 Å². The first-order valence-electron chi connectivity index (χ1n) is 5.96. The molecule has 3 nitrogen and oxygen atoms in total. The highest BCUT2D eigenvalue weighted by atomic mass is 35.5. The number of nitrogens with zero attached hydrogens (tertiary/aromatic N) is 2. The number of likely N-dealkylation sites (tertiary alicyclic amines) is 1. The minimum atomic E-state index is -4.88. The predicted octanol–water partition coefficient (Wildman–Crippen LogP) is 2.64. The zero-order chi connectivity index (χ0) is 15.6. The average Bonchev–Trinajstić information content (AvgIpc) is 2.84. The fourth-order valence-electron chi connectivity index (χ4n) is 1.92. The fourth-order valence-corrected chi connectivity index (χ4v) is 2.07. The van der Waals surface area contributed by atoms with E-state index in [4.69, 9.17) is 11.6 Å². The molecular formula is C13H9ClF4N2O. The first-order valence-corrected chi connectivity index (χ1v) is 6.34. The van der Waals surface area contributed by atoms with Crippen LogP contribution < -0.4 is 0 Å². The maximum atomic E-state index is 13.4. The molecule has 0 saturated carbocycles. The lowest BCUT2D eigenvalue weighted by atomic mass is 10.1. The van der Waals surface area contributed by atoms with Crippen LogP contribution in [0.3, 0.4) is 0 Å². The van der Waals surface area contributed by atoms with Gasteiger partial charge in [0.05, 0.1) is 5.56 Å². The van der Waals surface area contributed by atoms with Crippen molar-refractivity contribution in [2.45, 2.75) is 12.6 Å². The molecule has 1 amide bonds. The number of halogens is 5. The number of aromatic nitrogens is 1. The smallest absolute Gasteiger partial charge is 0.334 e. The van der Waals surface area contributed by atoms with Crippen LogP contribution in [-0.2, 0) is 4.79 Å². The van der Waals surface area contributed by atoms with Gasteiger partial charge >= 0.3 is 12.1 Å². The van der Waals surface area contributed by atoms with Crippen molar-refractivity contribution < 1.29 is 22.4 Å². The van der Waals surface area contributed by atoms with E-state index in [0.29, 0.717) is 11.3 Å². The van der Waals surface area contributed by atoms with Gasteiger partial charge in [0, 0.05) is 31.3 Å². The molecule has 1 aromatic heterocycles. The van der Waals surface area contributed by atoms with Gasteiger partial charge in [-0.2, -0.15) is 13.2 Å². The van der Waals surface area contributed by atoms with Gasteiger partial charge in [-0.1, -0.05) is 23.4 Å². The van der Waals surface area contributed by atoms with Crippen LogP contribution in [0.4, 0.5) is 17.6 Å². The predicted molar refractivity (Wildman–Crippen MR) is 66.8 cm³/mol. The van der Waals surface area contributed by atoms with Gasteiger partial charge in [-0.05, 0) is 6.42 Å². The molecule has 21 heavy (non-hydrogen) atoms. The van der Waals surface area contributed by atoms with Gasteiger partial charge in [0.15, 0.2) is 0 Å². The molecule has 1 aromatic rings. The summed E-state index contributed by atoms with van der Waals surface area (Å²) in [5, 5.41) is -0.0131. The number of amides is 1. The molecule has 8 heteroatoms. The van der Waals surface area contributed by atoms with Crippen molar-refractivity contribution in [2.75, 3.05) is 13.1 Å². The summed E-state index contributed by atoms with van der Waals surface area (Å²) in [5.74, 6) is 2.23. The summed E-state index contributed by atoms with van der Waals surface area (Å²) in [5.41, 5.74) is 0.0139. The molecule has 2 rings (SSSR count). The Morgan fingerprint density at radius 2 is 2.19 bits per heavy atom. The molecule has 1 atom stereocenters. The van der Waals surface area contributed by atoms with Gasteiger partial charge in [-0.25, -0.2) is 9.37 Å². The van der Waals surface area contributed by atoms with Crippen LogP contribution >= 0.6 is 11.6 Å². The van der Waals surface area contributed by atoms with Gasteiger partial charge < -0.3 is 4.90 Å². The van der Waals surface area contributed by atoms with Gasteiger partial charge in [-0.3, -0.25) is 4.79 Å². The van der Waals surface area contributed by atoms with Crippen LogP contribution in [0.25, 0.3) is 0 Å². The topological polar surface area (TPSA) is 33.2 Å². The average molecular weight is 321 g/mol. The van der Waals surface area contributed by atoms with E-state index in [2.05, 4.69) is 16.8 Å². The number of carbonyl (C=O) groups is 1. The highest BCUT2D eigenvalue weighted by Gasteiger charge is 2.44. The molecule has 1 saturated heterocycles. The second kappa shape index (κ2) is 5.90. The lowest BCUT2D eigenvalue weighted by molar-refractivity contribution is -0.184. The molecule has 2 heterocycles. The molecule has 1 aliphatic heterocycles. The van der Waals surface area contributed by atoms with Crippen LogP contribution in [-0.4, -0.2) is 35.1 Å². The summed E-state index contributed by atoms with van der Waals surface area (Å²) in [6.45, 7) is -0.132. The Kier molecular flexibility index (Phi) is 4.37. The Bertz CT molecular complexity index is 621. The molecule has 0 aromatic carbocycles. The SMILES string of the molecule is O=C(N1CCC(C#Cc2cnc(Cl)cc2F)C1)C(F)(F)F. The molecular weight excluding hydrogens is 312 g/mol. The molecule has 1 fully saturated rings. The quantitative estimate of drug-likeness (QED) is 0.418. The van der Waals surface area contributed by atoms with E-state index in [1.807, 2.05) is 0 Å². The van der Waals surface area contributed by atoms with E-state index in [-0.39, 0.29) is 23.8 Å². The first-order chi connectivity index (χ1) is 9.77. The zero-order valence-corrected chi connectivity index (χ0v) is 11.3. The van der Waals surface area contributed by atoms with Crippen molar-refractivity contribution in [1.29, 1.82) is 0 Å². The Labute approximate surface area is 122 Å². The van der Waals surface area contributed by atoms with E-state index in [1.165, 1.54) is 0 Å². The van der Waals surface area contributed by atoms with Crippen LogP contribution in [0.5, 0.6) is 0 Å². The highest BCUT2D eigenvalue weighted by Crippen LogP contribution is 2.24. The summed E-state index contributed by atoms with van der Waals surface area (Å²) in [6, 6.07) is 1.000. The molecule has 0 radical (unpaired) electrons. The van der Waals surface area contributed by atoms with Crippen molar-refractivity contribution >= 4 is 17.5 Å². The first kappa shape index (κ1) is 15.6. The minimum absolute atomic E-state index is 0.0131. The minimum Gasteiger partial charge on any atom is -0.334 e. The Morgan fingerprint density at radius 3 is 2.81 bits per heavy atom. The summed E-state index contributed by atoms with van der Waals surface area (Å²) in [6.07, 6.45) is -3.41. The maximum Gasteiger partial charge on any atom is 0.471 e. The summed E-state index contributed by atoms with van der Waals surface area (Å²) < 4.78 is 50.3. The monoisotopic (exact) mass is 320 g/mol. The molecule has 1 aliphatic rings. The van der Waals surface area contributed by atoms with E-state index in [9.17, 15) is 22.4 Å². The third-order valence-corrected chi connectivity index (χ3v) is 3.16. The molecule has 0 spiro atoms. The van der Waals surface area contributed by atoms with Crippen molar-refractivity contribution in [3.8, 4) is 11.8 Å². The second-order valence-corrected chi connectivity index (χ2v) is 4.88. The zero-order valence-electron chi connectivity index (χ0n) is 10.5. The lowest BCUT2D eigenvalue weighted by Gasteiger charge is -2.16. The van der Waals surface area contributed by atoms with Crippen LogP contribution in [0, 0.1) is 23.6 Å². The van der Waals surface area contributed by atoms with Gasteiger partial charge in [0.25, 0.3) is 0 Å². The second-order valence-electron chi connectivity index (χ2n) is 4.49. The molecule has 0 bridgehead atoms. The van der Waals surface area contributed by atoms with E-state index in [1.54, 1.807) is 0 Å². The number of carbonyl (C=O) groups excluding carboxylic acids is 1. The number of hydrogen-bond acceptors (Lipinski definition) is 2. The Morgan fingerprint density at radius 1 is 1.48 bits per heavy atom. The lowest BCUT2D eigenvalue weighted by Crippen LogP contribution is -2.39. The summed E-state index contributed by atoms with van der Waals surface area (Å²) in [4.78, 5) is 15.4. The largest absolute Gasteiger partial charge is 0.471 e. The van der Waals surface area contributed by atoms with Crippen molar-refractivity contribution in [1.82, 2.24) is 9.88 Å². The highest BCUT2D eigenvalue weighted by molar-refractivity contribution is 6.29. The van der Waals surface area contributed by atoms with Crippen molar-refractivity contribution in [3.63, 3.8) is 0 Å². The number of alkyl halides is 3. The van der Waals surface area contributed by atoms with Crippen LogP contribution in [0.1, 0.15) is 12.0 Å². The van der Waals surface area contributed by atoms with Crippen molar-refractivity contribution in [2.24, 2.45) is 5.92 Å². The molecule has 0 N–H and O–H groups in total. The maximum absolute atomic E-state index is 13.4. The van der Waals surface area contributed by atoms with E-state index in [0.717, 1.165) is 12.3 Å². The van der Waals surface area contributed by atoms with E-state index >= 15 is 0 Å². The third kappa shape index (κ3) is 3.85. The summed E-state index contributed by atoms with van der Waals surface area (Å²) >= 11 is 5.49. The van der Waals surface area contributed by atoms with Crippen molar-refractivity contribution in [3.05, 3.63) is 28.8 Å². The fraction of sp³-hybridized carbons (Fsp3) is 0.385. The van der Waals surface area contributed by atoms with Crippen LogP contribution in [0.2, 0.25) is 5.15 Å². The normalized spacial score (nSPS) is 18.3. The Balaban J connectivity index is 2.04. The number of hydrogen-bond donors (Lipinski definition) is 0. The Hall–Kier alpha value is -1.81. The number of pyridine rings is 1. The van der Waals surface area contributed by atoms with Crippen LogP contribution in [0.15, 0.2) is 12.3 Å². The van der Waals surface area contributed by atoms with Gasteiger partial charge in [0.1, 0.15) is 11.0 Å². The summed E-state index contributed by atoms with van der Waals surface area (Å²) in [7, 11) is 0. The van der Waals surface area contributed by atoms with Gasteiger partial charge in [-0.15, -0.1) is 0 Å². The molecule has 1 unspecified atom stereocenters. The standard InChI is InChI=1S/C13H9ClF4N2O/c14-11-5-10(15)9(6-19-11)2-1-8-3-4-20(7-8)12(21)13(16,17)18/h5-6,8H,3-4,7H2.